The lowest BCUT2D eigenvalue weighted by Crippen LogP contribution is -2.37. The maximum absolute atomic E-state index is 3.55. The first-order valence-corrected chi connectivity index (χ1v) is 8.21. The average Bonchev–Trinajstić information content (AvgIpc) is 2.73. The minimum atomic E-state index is 0.660. The molecule has 0 radical (unpaired) electrons. The van der Waals surface area contributed by atoms with Crippen LogP contribution in [0.1, 0.15) is 37.5 Å². The Labute approximate surface area is 117 Å². The second-order valence-corrected chi connectivity index (χ2v) is 7.87. The third-order valence-corrected chi connectivity index (χ3v) is 5.70. The molecule has 1 fully saturated rings. The molecule has 0 spiro atoms. The van der Waals surface area contributed by atoms with Crippen LogP contribution in [-0.4, -0.2) is 13.1 Å². The molecule has 1 aromatic heterocycles. The monoisotopic (exact) mass is 315 g/mol. The van der Waals surface area contributed by atoms with Gasteiger partial charge in [0.15, 0.2) is 0 Å². The second-order valence-electron chi connectivity index (χ2n) is 5.33. The third kappa shape index (κ3) is 3.80. The molecule has 1 N–H and O–H groups in total. The quantitative estimate of drug-likeness (QED) is 0.864. The first-order valence-electron chi connectivity index (χ1n) is 6.60. The summed E-state index contributed by atoms with van der Waals surface area (Å²) in [6.45, 7) is 2.39. The SMILES string of the molecule is CNC(Cc1ccc(Br)s1)C1CCC(C)CC1. The first kappa shape index (κ1) is 13.6. The van der Waals surface area contributed by atoms with Gasteiger partial charge in [0.2, 0.25) is 0 Å². The summed E-state index contributed by atoms with van der Waals surface area (Å²) in [5.74, 6) is 1.82. The highest BCUT2D eigenvalue weighted by Crippen LogP contribution is 2.32. The van der Waals surface area contributed by atoms with Crippen LogP contribution in [0.2, 0.25) is 0 Å². The van der Waals surface area contributed by atoms with Gasteiger partial charge in [0.05, 0.1) is 3.79 Å². The van der Waals surface area contributed by atoms with Crippen LogP contribution in [0, 0.1) is 11.8 Å². The number of likely N-dealkylation sites (N-methyl/N-ethyl adjacent to an activating group) is 1. The zero-order chi connectivity index (χ0) is 12.3. The normalized spacial score (nSPS) is 27.0. The molecule has 1 aliphatic rings. The number of halogens is 1. The highest BCUT2D eigenvalue weighted by Gasteiger charge is 2.25. The van der Waals surface area contributed by atoms with Crippen molar-refractivity contribution in [2.24, 2.45) is 11.8 Å². The van der Waals surface area contributed by atoms with Crippen molar-refractivity contribution < 1.29 is 0 Å². The first-order chi connectivity index (χ1) is 8.19. The lowest BCUT2D eigenvalue weighted by atomic mass is 9.78. The van der Waals surface area contributed by atoms with Crippen LogP contribution in [0.4, 0.5) is 0 Å². The molecule has 0 amide bonds. The van der Waals surface area contributed by atoms with Gasteiger partial charge in [-0.25, -0.2) is 0 Å². The van der Waals surface area contributed by atoms with Crippen molar-refractivity contribution in [1.29, 1.82) is 0 Å². The van der Waals surface area contributed by atoms with Gasteiger partial charge in [-0.2, -0.15) is 0 Å². The fraction of sp³-hybridized carbons (Fsp3) is 0.714. The van der Waals surface area contributed by atoms with Crippen molar-refractivity contribution in [3.8, 4) is 0 Å². The van der Waals surface area contributed by atoms with E-state index in [0.717, 1.165) is 11.8 Å². The Morgan fingerprint density at radius 3 is 2.59 bits per heavy atom. The zero-order valence-corrected chi connectivity index (χ0v) is 13.1. The van der Waals surface area contributed by atoms with E-state index in [-0.39, 0.29) is 0 Å². The van der Waals surface area contributed by atoms with Crippen LogP contribution in [0.3, 0.4) is 0 Å². The van der Waals surface area contributed by atoms with Crippen molar-refractivity contribution in [2.75, 3.05) is 7.05 Å². The van der Waals surface area contributed by atoms with Gasteiger partial charge in [0.1, 0.15) is 0 Å². The Bertz CT molecular complexity index is 342. The molecule has 1 aromatic rings. The molecular formula is C14H22BrNS. The van der Waals surface area contributed by atoms with E-state index in [2.05, 4.69) is 47.4 Å². The largest absolute Gasteiger partial charge is 0.316 e. The third-order valence-electron chi connectivity index (χ3n) is 4.05. The van der Waals surface area contributed by atoms with Crippen molar-refractivity contribution in [1.82, 2.24) is 5.32 Å². The van der Waals surface area contributed by atoms with Gasteiger partial charge in [-0.1, -0.05) is 19.8 Å². The second kappa shape index (κ2) is 6.35. The minimum Gasteiger partial charge on any atom is -0.316 e. The maximum atomic E-state index is 3.55. The predicted molar refractivity (Wildman–Crippen MR) is 79.7 cm³/mol. The lowest BCUT2D eigenvalue weighted by Gasteiger charge is -2.32. The van der Waals surface area contributed by atoms with E-state index < -0.39 is 0 Å². The number of hydrogen-bond donors (Lipinski definition) is 1. The summed E-state index contributed by atoms with van der Waals surface area (Å²) >= 11 is 5.42. The fourth-order valence-corrected chi connectivity index (χ4v) is 4.41. The van der Waals surface area contributed by atoms with E-state index >= 15 is 0 Å². The maximum Gasteiger partial charge on any atom is 0.0701 e. The van der Waals surface area contributed by atoms with Crippen molar-refractivity contribution in [2.45, 2.75) is 45.1 Å². The Kier molecular flexibility index (Phi) is 5.07. The lowest BCUT2D eigenvalue weighted by molar-refractivity contribution is 0.236. The van der Waals surface area contributed by atoms with Gasteiger partial charge in [0.25, 0.3) is 0 Å². The summed E-state index contributed by atoms with van der Waals surface area (Å²) in [5, 5.41) is 3.54. The van der Waals surface area contributed by atoms with E-state index in [1.165, 1.54) is 40.8 Å². The number of thiophene rings is 1. The molecule has 1 atom stereocenters. The van der Waals surface area contributed by atoms with Crippen molar-refractivity contribution in [3.63, 3.8) is 0 Å². The highest BCUT2D eigenvalue weighted by molar-refractivity contribution is 9.11. The van der Waals surface area contributed by atoms with Crippen LogP contribution < -0.4 is 5.32 Å². The van der Waals surface area contributed by atoms with Gasteiger partial charge in [-0.05, 0) is 66.2 Å². The Morgan fingerprint density at radius 2 is 2.06 bits per heavy atom. The predicted octanol–water partition coefficient (Wildman–Crippen LogP) is 4.47. The van der Waals surface area contributed by atoms with Gasteiger partial charge in [-0.15, -0.1) is 11.3 Å². The topological polar surface area (TPSA) is 12.0 Å². The van der Waals surface area contributed by atoms with E-state index in [1.54, 1.807) is 0 Å². The van der Waals surface area contributed by atoms with Gasteiger partial charge >= 0.3 is 0 Å². The number of rotatable bonds is 4. The molecule has 0 aliphatic heterocycles. The summed E-state index contributed by atoms with van der Waals surface area (Å²) in [5.41, 5.74) is 0. The summed E-state index contributed by atoms with van der Waals surface area (Å²) in [6, 6.07) is 5.08. The van der Waals surface area contributed by atoms with Gasteiger partial charge in [-0.3, -0.25) is 0 Å². The van der Waals surface area contributed by atoms with Gasteiger partial charge in [0, 0.05) is 10.9 Å². The van der Waals surface area contributed by atoms with E-state index in [4.69, 9.17) is 0 Å². The molecule has 1 heterocycles. The molecule has 1 aliphatic carbocycles. The molecule has 1 nitrogen and oxygen atoms in total. The molecule has 96 valence electrons. The van der Waals surface area contributed by atoms with Crippen LogP contribution in [0.5, 0.6) is 0 Å². The molecule has 0 saturated heterocycles. The average molecular weight is 316 g/mol. The standard InChI is InChI=1S/C14H22BrNS/c1-10-3-5-11(6-4-10)13(16-2)9-12-7-8-14(15)17-12/h7-8,10-11,13,16H,3-6,9H2,1-2H3. The van der Waals surface area contributed by atoms with Crippen LogP contribution >= 0.6 is 27.3 Å². The number of nitrogens with one attached hydrogen (secondary N) is 1. The Morgan fingerprint density at radius 1 is 1.35 bits per heavy atom. The Hall–Kier alpha value is 0.140. The summed E-state index contributed by atoms with van der Waals surface area (Å²) in [4.78, 5) is 1.50. The highest BCUT2D eigenvalue weighted by atomic mass is 79.9. The van der Waals surface area contributed by atoms with Crippen molar-refractivity contribution >= 4 is 27.3 Å². The summed E-state index contributed by atoms with van der Waals surface area (Å²) < 4.78 is 1.25. The zero-order valence-electron chi connectivity index (χ0n) is 10.7. The molecular weight excluding hydrogens is 294 g/mol. The van der Waals surface area contributed by atoms with Crippen LogP contribution in [0.25, 0.3) is 0 Å². The molecule has 3 heteroatoms. The molecule has 2 rings (SSSR count). The summed E-state index contributed by atoms with van der Waals surface area (Å²) in [6.07, 6.45) is 6.82. The molecule has 1 saturated carbocycles. The minimum absolute atomic E-state index is 0.660. The van der Waals surface area contributed by atoms with Gasteiger partial charge < -0.3 is 5.32 Å². The molecule has 1 unspecified atom stereocenters. The van der Waals surface area contributed by atoms with E-state index in [0.29, 0.717) is 6.04 Å². The smallest absolute Gasteiger partial charge is 0.0701 e. The number of hydrogen-bond acceptors (Lipinski definition) is 2. The van der Waals surface area contributed by atoms with Crippen LogP contribution in [0.15, 0.2) is 15.9 Å². The Balaban J connectivity index is 1.92. The fourth-order valence-electron chi connectivity index (χ4n) is 2.87. The summed E-state index contributed by atoms with van der Waals surface area (Å²) in [7, 11) is 2.12. The van der Waals surface area contributed by atoms with E-state index in [1.807, 2.05) is 11.3 Å². The molecule has 17 heavy (non-hydrogen) atoms. The van der Waals surface area contributed by atoms with Crippen LogP contribution in [-0.2, 0) is 6.42 Å². The molecule has 0 aromatic carbocycles. The van der Waals surface area contributed by atoms with Crippen molar-refractivity contribution in [3.05, 3.63) is 20.8 Å². The molecule has 0 bridgehead atoms. The van der Waals surface area contributed by atoms with E-state index in [9.17, 15) is 0 Å².